The molecule has 4 atom stereocenters. The van der Waals surface area contributed by atoms with E-state index >= 15 is 0 Å². The van der Waals surface area contributed by atoms with Crippen LogP contribution >= 0.6 is 0 Å². The van der Waals surface area contributed by atoms with Crippen LogP contribution in [0.25, 0.3) is 0 Å². The fraction of sp³-hybridized carbons (Fsp3) is 0.846. The lowest BCUT2D eigenvalue weighted by Crippen LogP contribution is -2.30. The normalized spacial score (nSPS) is 43.6. The lowest BCUT2D eigenvalue weighted by molar-refractivity contribution is 0.0413. The summed E-state index contributed by atoms with van der Waals surface area (Å²) in [5, 5.41) is 10.3. The quantitative estimate of drug-likeness (QED) is 0.667. The summed E-state index contributed by atoms with van der Waals surface area (Å²) in [5.41, 5.74) is 0. The summed E-state index contributed by atoms with van der Waals surface area (Å²) in [6.45, 7) is 0. The van der Waals surface area contributed by atoms with Gasteiger partial charge in [0.2, 0.25) is 0 Å². The number of rotatable bonds is 2. The molecule has 78 valence electrons. The van der Waals surface area contributed by atoms with Gasteiger partial charge in [-0.3, -0.25) is 0 Å². The van der Waals surface area contributed by atoms with Crippen molar-refractivity contribution in [2.24, 2.45) is 23.7 Å². The molecule has 2 bridgehead atoms. The Hall–Kier alpha value is -0.300. The van der Waals surface area contributed by atoms with Crippen molar-refractivity contribution < 1.29 is 5.11 Å². The van der Waals surface area contributed by atoms with E-state index in [0.717, 1.165) is 11.8 Å². The number of hydrogen-bond acceptors (Lipinski definition) is 1. The molecule has 14 heavy (non-hydrogen) atoms. The fourth-order valence-corrected chi connectivity index (χ4v) is 3.86. The number of aliphatic hydroxyl groups is 1. The predicted octanol–water partition coefficient (Wildman–Crippen LogP) is 2.75. The second-order valence-electron chi connectivity index (χ2n) is 5.48. The number of aliphatic hydroxyl groups excluding tert-OH is 1. The van der Waals surface area contributed by atoms with Gasteiger partial charge in [0.25, 0.3) is 0 Å². The van der Waals surface area contributed by atoms with Crippen LogP contribution in [0, 0.1) is 23.7 Å². The maximum Gasteiger partial charge on any atom is 0.0602 e. The van der Waals surface area contributed by atoms with E-state index in [2.05, 4.69) is 12.2 Å². The van der Waals surface area contributed by atoms with Gasteiger partial charge in [-0.2, -0.15) is 0 Å². The van der Waals surface area contributed by atoms with Gasteiger partial charge in [0, 0.05) is 0 Å². The average molecular weight is 192 g/mol. The van der Waals surface area contributed by atoms with Crippen molar-refractivity contribution in [1.29, 1.82) is 0 Å². The maximum absolute atomic E-state index is 10.3. The van der Waals surface area contributed by atoms with Crippen molar-refractivity contribution >= 4 is 0 Å². The zero-order valence-corrected chi connectivity index (χ0v) is 8.73. The summed E-state index contributed by atoms with van der Waals surface area (Å²) in [4.78, 5) is 0. The van der Waals surface area contributed by atoms with E-state index in [-0.39, 0.29) is 6.10 Å². The van der Waals surface area contributed by atoms with Crippen molar-refractivity contribution in [2.45, 2.75) is 44.6 Å². The van der Waals surface area contributed by atoms with Gasteiger partial charge >= 0.3 is 0 Å². The number of allylic oxidation sites excluding steroid dienone is 2. The molecule has 0 spiro atoms. The minimum atomic E-state index is 0.0115. The molecule has 0 amide bonds. The van der Waals surface area contributed by atoms with Gasteiger partial charge < -0.3 is 5.11 Å². The van der Waals surface area contributed by atoms with Crippen LogP contribution in [0.1, 0.15) is 38.5 Å². The molecule has 2 saturated carbocycles. The van der Waals surface area contributed by atoms with Gasteiger partial charge in [-0.25, -0.2) is 0 Å². The van der Waals surface area contributed by atoms with Crippen molar-refractivity contribution in [3.8, 4) is 0 Å². The fourth-order valence-electron chi connectivity index (χ4n) is 3.86. The third-order valence-electron chi connectivity index (χ3n) is 4.65. The molecule has 0 heterocycles. The largest absolute Gasteiger partial charge is 0.393 e. The third kappa shape index (κ3) is 1.33. The summed E-state index contributed by atoms with van der Waals surface area (Å²) in [5.74, 6) is 2.76. The first-order valence-corrected chi connectivity index (χ1v) is 6.21. The van der Waals surface area contributed by atoms with Gasteiger partial charge in [-0.15, -0.1) is 0 Å². The minimum absolute atomic E-state index is 0.0115. The van der Waals surface area contributed by atoms with E-state index in [1.807, 2.05) is 0 Å². The molecular formula is C13H20O. The Bertz CT molecular complexity index is 240. The first kappa shape index (κ1) is 8.96. The molecule has 0 saturated heterocycles. The average Bonchev–Trinajstić information content (AvgIpc) is 2.93. The molecule has 0 aromatic heterocycles. The molecule has 0 aliphatic heterocycles. The Morgan fingerprint density at radius 1 is 1.07 bits per heavy atom. The van der Waals surface area contributed by atoms with Crippen LogP contribution in [0.15, 0.2) is 12.2 Å². The van der Waals surface area contributed by atoms with E-state index < -0.39 is 0 Å². The SMILES string of the molecule is OC(C1CCCC1)C1CC2C=CC1C2. The van der Waals surface area contributed by atoms with Crippen LogP contribution in [-0.4, -0.2) is 11.2 Å². The van der Waals surface area contributed by atoms with Crippen molar-refractivity contribution in [2.75, 3.05) is 0 Å². The molecule has 1 heteroatoms. The van der Waals surface area contributed by atoms with E-state index in [1.165, 1.54) is 38.5 Å². The smallest absolute Gasteiger partial charge is 0.0602 e. The molecule has 3 rings (SSSR count). The van der Waals surface area contributed by atoms with Gasteiger partial charge in [-0.05, 0) is 49.4 Å². The molecule has 3 aliphatic carbocycles. The lowest BCUT2D eigenvalue weighted by Gasteiger charge is -2.28. The summed E-state index contributed by atoms with van der Waals surface area (Å²) >= 11 is 0. The minimum Gasteiger partial charge on any atom is -0.393 e. The van der Waals surface area contributed by atoms with Crippen molar-refractivity contribution in [3.63, 3.8) is 0 Å². The van der Waals surface area contributed by atoms with Gasteiger partial charge in [0.05, 0.1) is 6.10 Å². The topological polar surface area (TPSA) is 20.2 Å². The molecule has 1 nitrogen and oxygen atoms in total. The Labute approximate surface area is 86.2 Å². The lowest BCUT2D eigenvalue weighted by atomic mass is 9.81. The molecular weight excluding hydrogens is 172 g/mol. The van der Waals surface area contributed by atoms with Crippen molar-refractivity contribution in [1.82, 2.24) is 0 Å². The Morgan fingerprint density at radius 2 is 1.86 bits per heavy atom. The third-order valence-corrected chi connectivity index (χ3v) is 4.65. The van der Waals surface area contributed by atoms with Crippen molar-refractivity contribution in [3.05, 3.63) is 12.2 Å². The van der Waals surface area contributed by atoms with Gasteiger partial charge in [-0.1, -0.05) is 25.0 Å². The second-order valence-corrected chi connectivity index (χ2v) is 5.48. The summed E-state index contributed by atoms with van der Waals surface area (Å²) in [7, 11) is 0. The monoisotopic (exact) mass is 192 g/mol. The molecule has 0 aromatic rings. The van der Waals surface area contributed by atoms with Crippen LogP contribution < -0.4 is 0 Å². The molecule has 0 aromatic carbocycles. The van der Waals surface area contributed by atoms with Crippen LogP contribution in [0.2, 0.25) is 0 Å². The highest BCUT2D eigenvalue weighted by Crippen LogP contribution is 2.47. The van der Waals surface area contributed by atoms with Crippen LogP contribution in [-0.2, 0) is 0 Å². The first-order valence-electron chi connectivity index (χ1n) is 6.21. The second kappa shape index (κ2) is 3.37. The van der Waals surface area contributed by atoms with Gasteiger partial charge in [0.1, 0.15) is 0 Å². The number of hydrogen-bond donors (Lipinski definition) is 1. The zero-order valence-electron chi connectivity index (χ0n) is 8.73. The van der Waals surface area contributed by atoms with E-state index in [9.17, 15) is 5.11 Å². The summed E-state index contributed by atoms with van der Waals surface area (Å²) in [6.07, 6.45) is 12.6. The van der Waals surface area contributed by atoms with Crippen LogP contribution in [0.3, 0.4) is 0 Å². The highest BCUT2D eigenvalue weighted by Gasteiger charge is 2.42. The first-order chi connectivity index (χ1) is 6.84. The summed E-state index contributed by atoms with van der Waals surface area (Å²) in [6, 6.07) is 0. The van der Waals surface area contributed by atoms with Crippen LogP contribution in [0.4, 0.5) is 0 Å². The Kier molecular flexibility index (Phi) is 2.16. The van der Waals surface area contributed by atoms with E-state index in [4.69, 9.17) is 0 Å². The highest BCUT2D eigenvalue weighted by molar-refractivity contribution is 5.11. The van der Waals surface area contributed by atoms with E-state index in [0.29, 0.717) is 11.8 Å². The molecule has 3 aliphatic rings. The molecule has 4 unspecified atom stereocenters. The standard InChI is InChI=1S/C13H20O/c14-13(10-3-1-2-4-10)12-8-9-5-6-11(12)7-9/h5-6,9-14H,1-4,7-8H2. The summed E-state index contributed by atoms with van der Waals surface area (Å²) < 4.78 is 0. The highest BCUT2D eigenvalue weighted by atomic mass is 16.3. The van der Waals surface area contributed by atoms with Crippen LogP contribution in [0.5, 0.6) is 0 Å². The maximum atomic E-state index is 10.3. The Morgan fingerprint density at radius 3 is 2.43 bits per heavy atom. The predicted molar refractivity (Wildman–Crippen MR) is 56.8 cm³/mol. The molecule has 1 N–H and O–H groups in total. The molecule has 0 radical (unpaired) electrons. The molecule has 2 fully saturated rings. The van der Waals surface area contributed by atoms with Gasteiger partial charge in [0.15, 0.2) is 0 Å². The zero-order chi connectivity index (χ0) is 9.54. The van der Waals surface area contributed by atoms with E-state index in [1.54, 1.807) is 0 Å². The number of fused-ring (bicyclic) bond motifs is 2. The Balaban J connectivity index is 1.67.